The second-order valence-electron chi connectivity index (χ2n) is 3.63. The Kier molecular flexibility index (Phi) is 1.29. The van der Waals surface area contributed by atoms with Crippen LogP contribution in [0, 0.1) is 0 Å². The predicted octanol–water partition coefficient (Wildman–Crippen LogP) is 0.870. The van der Waals surface area contributed by atoms with Gasteiger partial charge in [-0.2, -0.15) is 0 Å². The number of ether oxygens (including phenoxy) is 1. The lowest BCUT2D eigenvalue weighted by Gasteiger charge is -2.26. The standard InChI is InChI=1S/C8H15NO/c1-7-8(10-7)3-5-9(2)6-4-8/h7H,3-6H2,1-2H3. The highest BCUT2D eigenvalue weighted by atomic mass is 16.6. The molecule has 2 saturated heterocycles. The van der Waals surface area contributed by atoms with Crippen molar-refractivity contribution in [2.75, 3.05) is 20.1 Å². The number of rotatable bonds is 0. The van der Waals surface area contributed by atoms with Gasteiger partial charge in [0.15, 0.2) is 0 Å². The fraction of sp³-hybridized carbons (Fsp3) is 1.00. The number of nitrogens with zero attached hydrogens (tertiary/aromatic N) is 1. The van der Waals surface area contributed by atoms with E-state index in [9.17, 15) is 0 Å². The maximum atomic E-state index is 5.57. The average molecular weight is 141 g/mol. The van der Waals surface area contributed by atoms with Gasteiger partial charge in [-0.3, -0.25) is 0 Å². The van der Waals surface area contributed by atoms with Gasteiger partial charge in [0.05, 0.1) is 11.7 Å². The number of piperidine rings is 1. The van der Waals surface area contributed by atoms with E-state index in [1.165, 1.54) is 25.9 Å². The van der Waals surface area contributed by atoms with Crippen LogP contribution in [0.5, 0.6) is 0 Å². The summed E-state index contributed by atoms with van der Waals surface area (Å²) in [6.07, 6.45) is 3.02. The van der Waals surface area contributed by atoms with Crippen LogP contribution >= 0.6 is 0 Å². The summed E-state index contributed by atoms with van der Waals surface area (Å²) < 4.78 is 5.57. The molecule has 1 spiro atoms. The molecule has 0 amide bonds. The third-order valence-electron chi connectivity index (χ3n) is 2.93. The number of likely N-dealkylation sites (tertiary alicyclic amines) is 1. The van der Waals surface area contributed by atoms with Crippen LogP contribution in [0.15, 0.2) is 0 Å². The van der Waals surface area contributed by atoms with Crippen LogP contribution in [0.25, 0.3) is 0 Å². The molecule has 0 bridgehead atoms. The molecule has 10 heavy (non-hydrogen) atoms. The zero-order valence-electron chi connectivity index (χ0n) is 6.76. The van der Waals surface area contributed by atoms with Crippen LogP contribution in [0.4, 0.5) is 0 Å². The predicted molar refractivity (Wildman–Crippen MR) is 40.0 cm³/mol. The van der Waals surface area contributed by atoms with Crippen molar-refractivity contribution < 1.29 is 4.74 Å². The first-order valence-electron chi connectivity index (χ1n) is 4.09. The van der Waals surface area contributed by atoms with Gasteiger partial charge < -0.3 is 9.64 Å². The van der Waals surface area contributed by atoms with Crippen molar-refractivity contribution >= 4 is 0 Å². The zero-order chi connectivity index (χ0) is 7.19. The minimum Gasteiger partial charge on any atom is -0.366 e. The maximum absolute atomic E-state index is 5.57. The second kappa shape index (κ2) is 1.95. The summed E-state index contributed by atoms with van der Waals surface area (Å²) >= 11 is 0. The van der Waals surface area contributed by atoms with E-state index >= 15 is 0 Å². The fourth-order valence-electron chi connectivity index (χ4n) is 1.84. The molecule has 2 aliphatic rings. The molecule has 0 N–H and O–H groups in total. The van der Waals surface area contributed by atoms with E-state index in [0.717, 1.165) is 0 Å². The van der Waals surface area contributed by atoms with Crippen LogP contribution in [0.1, 0.15) is 19.8 Å². The molecular weight excluding hydrogens is 126 g/mol. The Hall–Kier alpha value is -0.0800. The molecule has 2 fully saturated rings. The normalized spacial score (nSPS) is 38.4. The van der Waals surface area contributed by atoms with Gasteiger partial charge in [-0.05, 0) is 26.8 Å². The average Bonchev–Trinajstić information content (AvgIpc) is 2.53. The molecule has 0 aromatic rings. The summed E-state index contributed by atoms with van der Waals surface area (Å²) in [6.45, 7) is 4.61. The Labute approximate surface area is 62.2 Å². The van der Waals surface area contributed by atoms with Crippen LogP contribution < -0.4 is 0 Å². The molecule has 1 unspecified atom stereocenters. The van der Waals surface area contributed by atoms with Gasteiger partial charge in [-0.25, -0.2) is 0 Å². The van der Waals surface area contributed by atoms with Crippen LogP contribution in [0.3, 0.4) is 0 Å². The molecule has 0 aliphatic carbocycles. The van der Waals surface area contributed by atoms with E-state index < -0.39 is 0 Å². The minimum absolute atomic E-state index is 0.326. The molecule has 0 radical (unpaired) electrons. The molecule has 2 rings (SSSR count). The van der Waals surface area contributed by atoms with E-state index in [1.807, 2.05) is 0 Å². The molecule has 0 aromatic carbocycles. The highest BCUT2D eigenvalue weighted by Gasteiger charge is 2.53. The molecule has 58 valence electrons. The van der Waals surface area contributed by atoms with E-state index in [-0.39, 0.29) is 0 Å². The Morgan fingerprint density at radius 3 is 2.30 bits per heavy atom. The summed E-state index contributed by atoms with van der Waals surface area (Å²) in [5.74, 6) is 0. The Morgan fingerprint density at radius 1 is 1.40 bits per heavy atom. The summed E-state index contributed by atoms with van der Waals surface area (Å²) in [6, 6.07) is 0. The number of hydrogen-bond acceptors (Lipinski definition) is 2. The van der Waals surface area contributed by atoms with Gasteiger partial charge in [0.2, 0.25) is 0 Å². The van der Waals surface area contributed by atoms with Gasteiger partial charge in [-0.1, -0.05) is 0 Å². The van der Waals surface area contributed by atoms with Crippen LogP contribution in [-0.4, -0.2) is 36.7 Å². The highest BCUT2D eigenvalue weighted by molar-refractivity contribution is 5.02. The topological polar surface area (TPSA) is 15.8 Å². The Morgan fingerprint density at radius 2 is 1.90 bits per heavy atom. The first-order valence-corrected chi connectivity index (χ1v) is 4.09. The Balaban J connectivity index is 1.93. The smallest absolute Gasteiger partial charge is 0.0969 e. The first-order chi connectivity index (χ1) is 4.73. The third-order valence-corrected chi connectivity index (χ3v) is 2.93. The number of hydrogen-bond donors (Lipinski definition) is 0. The quantitative estimate of drug-likeness (QED) is 0.465. The lowest BCUT2D eigenvalue weighted by Crippen LogP contribution is -2.35. The SMILES string of the molecule is CC1OC12CCN(C)CC2. The van der Waals surface area contributed by atoms with Gasteiger partial charge in [0.1, 0.15) is 0 Å². The van der Waals surface area contributed by atoms with E-state index in [2.05, 4.69) is 18.9 Å². The van der Waals surface area contributed by atoms with Crippen molar-refractivity contribution in [3.05, 3.63) is 0 Å². The lowest BCUT2D eigenvalue weighted by atomic mass is 9.94. The molecule has 0 aromatic heterocycles. The van der Waals surface area contributed by atoms with Crippen molar-refractivity contribution in [2.24, 2.45) is 0 Å². The van der Waals surface area contributed by atoms with Gasteiger partial charge in [0.25, 0.3) is 0 Å². The minimum atomic E-state index is 0.326. The van der Waals surface area contributed by atoms with Crippen molar-refractivity contribution in [2.45, 2.75) is 31.5 Å². The monoisotopic (exact) mass is 141 g/mol. The van der Waals surface area contributed by atoms with E-state index in [1.54, 1.807) is 0 Å². The van der Waals surface area contributed by atoms with Crippen molar-refractivity contribution in [1.82, 2.24) is 4.90 Å². The Bertz CT molecular complexity index is 138. The fourth-order valence-corrected chi connectivity index (χ4v) is 1.84. The summed E-state index contributed by atoms with van der Waals surface area (Å²) in [7, 11) is 2.18. The molecular formula is C8H15NO. The third kappa shape index (κ3) is 0.867. The molecule has 0 saturated carbocycles. The van der Waals surface area contributed by atoms with Crippen LogP contribution in [0.2, 0.25) is 0 Å². The first kappa shape index (κ1) is 6.62. The molecule has 2 nitrogen and oxygen atoms in total. The van der Waals surface area contributed by atoms with Gasteiger partial charge >= 0.3 is 0 Å². The van der Waals surface area contributed by atoms with Crippen molar-refractivity contribution in [3.8, 4) is 0 Å². The van der Waals surface area contributed by atoms with E-state index in [0.29, 0.717) is 11.7 Å². The maximum Gasteiger partial charge on any atom is 0.0969 e. The lowest BCUT2D eigenvalue weighted by molar-refractivity contribution is 0.168. The zero-order valence-corrected chi connectivity index (χ0v) is 6.76. The molecule has 2 heteroatoms. The summed E-state index contributed by atoms with van der Waals surface area (Å²) in [5.41, 5.74) is 0.326. The van der Waals surface area contributed by atoms with Crippen molar-refractivity contribution in [3.63, 3.8) is 0 Å². The van der Waals surface area contributed by atoms with Crippen molar-refractivity contribution in [1.29, 1.82) is 0 Å². The summed E-state index contributed by atoms with van der Waals surface area (Å²) in [4.78, 5) is 2.37. The van der Waals surface area contributed by atoms with Crippen LogP contribution in [-0.2, 0) is 4.74 Å². The van der Waals surface area contributed by atoms with Gasteiger partial charge in [0, 0.05) is 13.1 Å². The molecule has 2 heterocycles. The van der Waals surface area contributed by atoms with E-state index in [4.69, 9.17) is 4.74 Å². The highest BCUT2D eigenvalue weighted by Crippen LogP contribution is 2.44. The largest absolute Gasteiger partial charge is 0.366 e. The number of epoxide rings is 1. The second-order valence-corrected chi connectivity index (χ2v) is 3.63. The molecule has 2 aliphatic heterocycles. The molecule has 1 atom stereocenters. The summed E-state index contributed by atoms with van der Waals surface area (Å²) in [5, 5.41) is 0. The van der Waals surface area contributed by atoms with Gasteiger partial charge in [-0.15, -0.1) is 0 Å².